The van der Waals surface area contributed by atoms with Gasteiger partial charge in [-0.15, -0.1) is 5.10 Å². The Balaban J connectivity index is 2.06. The first-order chi connectivity index (χ1) is 11.6. The highest BCUT2D eigenvalue weighted by atomic mass is 16.6. The summed E-state index contributed by atoms with van der Waals surface area (Å²) in [6.07, 6.45) is 1.21. The van der Waals surface area contributed by atoms with E-state index >= 15 is 0 Å². The SMILES string of the molecule is CN(Cc1cn(-c2cccc(OB(O)O)c2)nn1)C(=O)OC(C)(C)C. The monoisotopic (exact) mass is 348 g/mol. The van der Waals surface area contributed by atoms with E-state index in [2.05, 4.69) is 10.3 Å². The standard InChI is InChI=1S/C15H21BN4O5/c1-15(2,3)24-14(21)19(4)9-11-10-20(18-17-11)12-6-5-7-13(8-12)25-16(22)23/h5-8,10,22-23H,9H2,1-4H3. The molecule has 0 unspecified atom stereocenters. The third kappa shape index (κ3) is 5.77. The molecule has 1 amide bonds. The molecule has 25 heavy (non-hydrogen) atoms. The highest BCUT2D eigenvalue weighted by Gasteiger charge is 2.20. The van der Waals surface area contributed by atoms with Crippen molar-refractivity contribution in [3.05, 3.63) is 36.2 Å². The fourth-order valence-corrected chi connectivity index (χ4v) is 1.97. The second-order valence-electron chi connectivity index (χ2n) is 6.43. The Morgan fingerprint density at radius 2 is 2.08 bits per heavy atom. The summed E-state index contributed by atoms with van der Waals surface area (Å²) in [5.74, 6) is 0.274. The van der Waals surface area contributed by atoms with Crippen LogP contribution in [0.15, 0.2) is 30.5 Å². The molecule has 0 spiro atoms. The summed E-state index contributed by atoms with van der Waals surface area (Å²) in [6, 6.07) is 6.60. The third-order valence-electron chi connectivity index (χ3n) is 2.97. The molecular formula is C15H21BN4O5. The van der Waals surface area contributed by atoms with Crippen molar-refractivity contribution in [1.82, 2.24) is 19.9 Å². The van der Waals surface area contributed by atoms with Crippen LogP contribution in [0.1, 0.15) is 26.5 Å². The topological polar surface area (TPSA) is 110 Å². The van der Waals surface area contributed by atoms with E-state index in [4.69, 9.17) is 19.4 Å². The number of rotatable bonds is 5. The van der Waals surface area contributed by atoms with Gasteiger partial charge in [0.15, 0.2) is 0 Å². The van der Waals surface area contributed by atoms with Crippen LogP contribution < -0.4 is 4.65 Å². The lowest BCUT2D eigenvalue weighted by Crippen LogP contribution is -2.33. The summed E-state index contributed by atoms with van der Waals surface area (Å²) in [6.45, 7) is 5.63. The lowest BCUT2D eigenvalue weighted by atomic mass is 10.2. The van der Waals surface area contributed by atoms with Crippen LogP contribution in [0.2, 0.25) is 0 Å². The molecule has 2 aromatic rings. The van der Waals surface area contributed by atoms with Crippen molar-refractivity contribution < 1.29 is 24.2 Å². The molecule has 0 saturated carbocycles. The molecule has 0 radical (unpaired) electrons. The van der Waals surface area contributed by atoms with E-state index in [9.17, 15) is 4.79 Å². The highest BCUT2D eigenvalue weighted by Crippen LogP contribution is 2.17. The first-order valence-electron chi connectivity index (χ1n) is 7.62. The van der Waals surface area contributed by atoms with Crippen LogP contribution in [0.4, 0.5) is 4.79 Å². The van der Waals surface area contributed by atoms with Gasteiger partial charge < -0.3 is 24.3 Å². The predicted molar refractivity (Wildman–Crippen MR) is 89.9 cm³/mol. The summed E-state index contributed by atoms with van der Waals surface area (Å²) in [7, 11) is -0.284. The van der Waals surface area contributed by atoms with Crippen LogP contribution >= 0.6 is 0 Å². The second-order valence-corrected chi connectivity index (χ2v) is 6.43. The molecule has 1 aromatic carbocycles. The van der Waals surface area contributed by atoms with Gasteiger partial charge in [-0.1, -0.05) is 11.3 Å². The number of amides is 1. The average molecular weight is 348 g/mol. The van der Waals surface area contributed by atoms with Crippen molar-refractivity contribution in [2.24, 2.45) is 0 Å². The third-order valence-corrected chi connectivity index (χ3v) is 2.97. The Morgan fingerprint density at radius 3 is 2.72 bits per heavy atom. The Labute approximate surface area is 146 Å². The van der Waals surface area contributed by atoms with Gasteiger partial charge in [-0.05, 0) is 32.9 Å². The largest absolute Gasteiger partial charge is 0.707 e. The van der Waals surface area contributed by atoms with Crippen LogP contribution in [0.25, 0.3) is 5.69 Å². The summed E-state index contributed by atoms with van der Waals surface area (Å²) < 4.78 is 11.6. The maximum absolute atomic E-state index is 12.0. The fraction of sp³-hybridized carbons (Fsp3) is 0.400. The maximum atomic E-state index is 12.0. The van der Waals surface area contributed by atoms with Gasteiger partial charge in [0.2, 0.25) is 0 Å². The van der Waals surface area contributed by atoms with E-state index in [1.807, 2.05) is 0 Å². The number of benzene rings is 1. The quantitative estimate of drug-likeness (QED) is 0.775. The number of carbonyl (C=O) groups excluding carboxylic acids is 1. The summed E-state index contributed by atoms with van der Waals surface area (Å²) in [4.78, 5) is 13.4. The molecule has 134 valence electrons. The number of ether oxygens (including phenoxy) is 1. The van der Waals surface area contributed by atoms with E-state index in [1.54, 1.807) is 58.3 Å². The Kier molecular flexibility index (Phi) is 5.65. The van der Waals surface area contributed by atoms with Crippen molar-refractivity contribution in [3.63, 3.8) is 0 Å². The van der Waals surface area contributed by atoms with Gasteiger partial charge in [-0.2, -0.15) is 0 Å². The average Bonchev–Trinajstić information content (AvgIpc) is 2.93. The molecule has 0 saturated heterocycles. The van der Waals surface area contributed by atoms with E-state index < -0.39 is 19.0 Å². The van der Waals surface area contributed by atoms with E-state index in [1.165, 1.54) is 9.58 Å². The molecule has 0 aliphatic carbocycles. The Hall–Kier alpha value is -2.59. The first-order valence-corrected chi connectivity index (χ1v) is 7.62. The molecule has 10 heteroatoms. The zero-order valence-electron chi connectivity index (χ0n) is 14.6. The van der Waals surface area contributed by atoms with Crippen molar-refractivity contribution in [3.8, 4) is 11.4 Å². The van der Waals surface area contributed by atoms with Crippen LogP contribution in [0.5, 0.6) is 5.75 Å². The van der Waals surface area contributed by atoms with Crippen molar-refractivity contribution in [2.45, 2.75) is 32.9 Å². The minimum absolute atomic E-state index is 0.237. The van der Waals surface area contributed by atoms with Crippen LogP contribution in [0, 0.1) is 0 Å². The predicted octanol–water partition coefficient (Wildman–Crippen LogP) is 0.983. The van der Waals surface area contributed by atoms with Gasteiger partial charge >= 0.3 is 13.4 Å². The van der Waals surface area contributed by atoms with Gasteiger partial charge in [-0.3, -0.25) is 0 Å². The highest BCUT2D eigenvalue weighted by molar-refractivity contribution is 6.33. The van der Waals surface area contributed by atoms with Crippen LogP contribution in [-0.4, -0.2) is 56.0 Å². The number of nitrogens with zero attached hydrogens (tertiary/aromatic N) is 4. The number of carbonyl (C=O) groups is 1. The van der Waals surface area contributed by atoms with Crippen molar-refractivity contribution >= 4 is 13.4 Å². The lowest BCUT2D eigenvalue weighted by Gasteiger charge is -2.24. The van der Waals surface area contributed by atoms with Gasteiger partial charge in [0.1, 0.15) is 17.0 Å². The fourth-order valence-electron chi connectivity index (χ4n) is 1.97. The summed E-state index contributed by atoms with van der Waals surface area (Å²) in [5, 5.41) is 25.7. The zero-order valence-corrected chi connectivity index (χ0v) is 14.6. The van der Waals surface area contributed by atoms with Crippen LogP contribution in [-0.2, 0) is 11.3 Å². The molecule has 2 N–H and O–H groups in total. The number of hydrogen-bond donors (Lipinski definition) is 2. The van der Waals surface area contributed by atoms with Gasteiger partial charge in [-0.25, -0.2) is 9.48 Å². The van der Waals surface area contributed by atoms with Crippen molar-refractivity contribution in [2.75, 3.05) is 7.05 Å². The van der Waals surface area contributed by atoms with Crippen molar-refractivity contribution in [1.29, 1.82) is 0 Å². The summed E-state index contributed by atoms with van der Waals surface area (Å²) in [5.41, 5.74) is 0.624. The molecule has 0 bridgehead atoms. The van der Waals surface area contributed by atoms with E-state index in [0.717, 1.165) is 0 Å². The van der Waals surface area contributed by atoms with E-state index in [-0.39, 0.29) is 12.3 Å². The molecule has 0 aliphatic rings. The first kappa shape index (κ1) is 18.7. The molecule has 0 fully saturated rings. The summed E-state index contributed by atoms with van der Waals surface area (Å²) >= 11 is 0. The molecule has 0 atom stereocenters. The van der Waals surface area contributed by atoms with Gasteiger partial charge in [0.05, 0.1) is 18.4 Å². The Morgan fingerprint density at radius 1 is 1.36 bits per heavy atom. The van der Waals surface area contributed by atoms with Gasteiger partial charge in [0.25, 0.3) is 0 Å². The Bertz CT molecular complexity index is 729. The number of aromatic nitrogens is 3. The van der Waals surface area contributed by atoms with Gasteiger partial charge in [0, 0.05) is 13.1 Å². The minimum atomic E-state index is -1.90. The molecule has 1 aromatic heterocycles. The molecule has 1 heterocycles. The minimum Gasteiger partial charge on any atom is -0.512 e. The molecule has 9 nitrogen and oxygen atoms in total. The van der Waals surface area contributed by atoms with E-state index in [0.29, 0.717) is 11.4 Å². The lowest BCUT2D eigenvalue weighted by molar-refractivity contribution is 0.0283. The molecule has 2 rings (SSSR count). The normalized spacial score (nSPS) is 11.1. The maximum Gasteiger partial charge on any atom is 0.707 e. The molecule has 0 aliphatic heterocycles. The smallest absolute Gasteiger partial charge is 0.512 e. The second kappa shape index (κ2) is 7.54. The zero-order chi connectivity index (χ0) is 18.6. The van der Waals surface area contributed by atoms with Crippen LogP contribution in [0.3, 0.4) is 0 Å². The molecular weight excluding hydrogens is 327 g/mol. The number of hydrogen-bond acceptors (Lipinski definition) is 7.